The standard InChI is InChI=1S/C14H17NO2/c1-5-14(3,4)13-7-6-12(17-10(2)16)8-11(13)9-15/h6-8H,5H2,1-4H3. The molecule has 0 unspecified atom stereocenters. The number of hydrogen-bond acceptors (Lipinski definition) is 3. The van der Waals surface area contributed by atoms with Crippen LogP contribution in [0.2, 0.25) is 0 Å². The molecule has 0 atom stereocenters. The van der Waals surface area contributed by atoms with E-state index in [0.29, 0.717) is 11.3 Å². The van der Waals surface area contributed by atoms with Crippen molar-refractivity contribution < 1.29 is 9.53 Å². The first-order valence-corrected chi connectivity index (χ1v) is 5.63. The van der Waals surface area contributed by atoms with E-state index >= 15 is 0 Å². The second kappa shape index (κ2) is 5.01. The number of esters is 1. The zero-order valence-corrected chi connectivity index (χ0v) is 10.7. The van der Waals surface area contributed by atoms with E-state index in [2.05, 4.69) is 26.8 Å². The lowest BCUT2D eigenvalue weighted by atomic mass is 9.80. The number of nitrogens with zero attached hydrogens (tertiary/aromatic N) is 1. The average Bonchev–Trinajstić information content (AvgIpc) is 2.27. The SMILES string of the molecule is CCC(C)(C)c1ccc(OC(C)=O)cc1C#N. The zero-order valence-electron chi connectivity index (χ0n) is 10.7. The summed E-state index contributed by atoms with van der Waals surface area (Å²) < 4.78 is 4.97. The minimum Gasteiger partial charge on any atom is -0.427 e. The molecule has 0 amide bonds. The van der Waals surface area contributed by atoms with E-state index in [-0.39, 0.29) is 11.4 Å². The topological polar surface area (TPSA) is 50.1 Å². The first kappa shape index (κ1) is 13.2. The van der Waals surface area contributed by atoms with Crippen LogP contribution in [0, 0.1) is 11.3 Å². The second-order valence-electron chi connectivity index (χ2n) is 4.65. The highest BCUT2D eigenvalue weighted by Gasteiger charge is 2.22. The summed E-state index contributed by atoms with van der Waals surface area (Å²) in [6.45, 7) is 7.61. The molecule has 17 heavy (non-hydrogen) atoms. The average molecular weight is 231 g/mol. The largest absolute Gasteiger partial charge is 0.427 e. The summed E-state index contributed by atoms with van der Waals surface area (Å²) in [4.78, 5) is 10.8. The first-order valence-electron chi connectivity index (χ1n) is 5.63. The Morgan fingerprint density at radius 1 is 1.47 bits per heavy atom. The Labute approximate surface area is 102 Å². The molecule has 3 nitrogen and oxygen atoms in total. The lowest BCUT2D eigenvalue weighted by Crippen LogP contribution is -2.17. The van der Waals surface area contributed by atoms with Gasteiger partial charge in [0.05, 0.1) is 11.6 Å². The summed E-state index contributed by atoms with van der Waals surface area (Å²) >= 11 is 0. The number of hydrogen-bond donors (Lipinski definition) is 0. The Kier molecular flexibility index (Phi) is 3.90. The van der Waals surface area contributed by atoms with E-state index in [4.69, 9.17) is 10.00 Å². The molecule has 0 N–H and O–H groups in total. The van der Waals surface area contributed by atoms with Gasteiger partial charge in [-0.1, -0.05) is 26.8 Å². The molecule has 0 bridgehead atoms. The maximum absolute atomic E-state index is 10.8. The van der Waals surface area contributed by atoms with Gasteiger partial charge in [-0.2, -0.15) is 5.26 Å². The van der Waals surface area contributed by atoms with E-state index < -0.39 is 0 Å². The lowest BCUT2D eigenvalue weighted by Gasteiger charge is -2.24. The van der Waals surface area contributed by atoms with Crippen molar-refractivity contribution in [3.8, 4) is 11.8 Å². The van der Waals surface area contributed by atoms with Crippen molar-refractivity contribution in [2.75, 3.05) is 0 Å². The van der Waals surface area contributed by atoms with Gasteiger partial charge in [-0.25, -0.2) is 0 Å². The molecule has 1 aromatic rings. The fraction of sp³-hybridized carbons (Fsp3) is 0.429. The molecule has 0 radical (unpaired) electrons. The third-order valence-electron chi connectivity index (χ3n) is 2.99. The molecular weight excluding hydrogens is 214 g/mol. The fourth-order valence-electron chi connectivity index (χ4n) is 1.63. The molecule has 0 aliphatic heterocycles. The van der Waals surface area contributed by atoms with Crippen LogP contribution in [0.1, 0.15) is 45.2 Å². The van der Waals surface area contributed by atoms with Crippen LogP contribution in [0.15, 0.2) is 18.2 Å². The molecule has 90 valence electrons. The van der Waals surface area contributed by atoms with Gasteiger partial charge < -0.3 is 4.74 Å². The van der Waals surface area contributed by atoms with Crippen molar-refractivity contribution in [3.05, 3.63) is 29.3 Å². The maximum Gasteiger partial charge on any atom is 0.308 e. The first-order chi connectivity index (χ1) is 7.90. The normalized spacial score (nSPS) is 10.8. The van der Waals surface area contributed by atoms with E-state index in [1.807, 2.05) is 6.07 Å². The predicted octanol–water partition coefficient (Wildman–Crippen LogP) is 3.17. The van der Waals surface area contributed by atoms with Crippen molar-refractivity contribution in [2.24, 2.45) is 0 Å². The fourth-order valence-corrected chi connectivity index (χ4v) is 1.63. The van der Waals surface area contributed by atoms with Crippen LogP contribution in [-0.4, -0.2) is 5.97 Å². The summed E-state index contributed by atoms with van der Waals surface area (Å²) in [7, 11) is 0. The molecule has 0 aromatic heterocycles. The quantitative estimate of drug-likeness (QED) is 0.593. The summed E-state index contributed by atoms with van der Waals surface area (Å²) in [5.41, 5.74) is 1.49. The van der Waals surface area contributed by atoms with Crippen LogP contribution in [0.4, 0.5) is 0 Å². The molecule has 0 aliphatic carbocycles. The van der Waals surface area contributed by atoms with Gasteiger partial charge in [-0.05, 0) is 29.5 Å². The number of ether oxygens (including phenoxy) is 1. The third kappa shape index (κ3) is 3.07. The molecule has 0 heterocycles. The van der Waals surface area contributed by atoms with Gasteiger partial charge in [0.15, 0.2) is 0 Å². The minimum absolute atomic E-state index is 0.0557. The number of rotatable bonds is 3. The van der Waals surface area contributed by atoms with E-state index in [9.17, 15) is 4.79 Å². The van der Waals surface area contributed by atoms with Gasteiger partial charge in [0, 0.05) is 6.92 Å². The number of carbonyl (C=O) groups is 1. The Morgan fingerprint density at radius 3 is 2.59 bits per heavy atom. The van der Waals surface area contributed by atoms with Crippen LogP contribution in [0.5, 0.6) is 5.75 Å². The predicted molar refractivity (Wildman–Crippen MR) is 65.8 cm³/mol. The lowest BCUT2D eigenvalue weighted by molar-refractivity contribution is -0.131. The van der Waals surface area contributed by atoms with Crippen molar-refractivity contribution >= 4 is 5.97 Å². The van der Waals surface area contributed by atoms with Gasteiger partial charge >= 0.3 is 5.97 Å². The summed E-state index contributed by atoms with van der Waals surface area (Å²) in [6.07, 6.45) is 0.939. The van der Waals surface area contributed by atoms with Gasteiger partial charge in [-0.3, -0.25) is 4.79 Å². The molecule has 0 saturated carbocycles. The molecule has 0 saturated heterocycles. The van der Waals surface area contributed by atoms with Crippen molar-refractivity contribution in [2.45, 2.75) is 39.5 Å². The molecule has 0 spiro atoms. The summed E-state index contributed by atoms with van der Waals surface area (Å²) in [5.74, 6) is 0.0427. The van der Waals surface area contributed by atoms with Gasteiger partial charge in [0.1, 0.15) is 5.75 Å². The number of carbonyl (C=O) groups excluding carboxylic acids is 1. The third-order valence-corrected chi connectivity index (χ3v) is 2.99. The monoisotopic (exact) mass is 231 g/mol. The molecular formula is C14H17NO2. The number of nitriles is 1. The molecule has 3 heteroatoms. The molecule has 0 aliphatic rings. The maximum atomic E-state index is 10.8. The highest BCUT2D eigenvalue weighted by molar-refractivity contribution is 5.69. The Bertz CT molecular complexity index is 470. The molecule has 0 fully saturated rings. The van der Waals surface area contributed by atoms with Gasteiger partial charge in [0.25, 0.3) is 0 Å². The van der Waals surface area contributed by atoms with E-state index in [1.54, 1.807) is 12.1 Å². The van der Waals surface area contributed by atoms with Crippen LogP contribution in [-0.2, 0) is 10.2 Å². The van der Waals surface area contributed by atoms with Crippen LogP contribution in [0.3, 0.4) is 0 Å². The van der Waals surface area contributed by atoms with Crippen molar-refractivity contribution in [1.29, 1.82) is 5.26 Å². The van der Waals surface area contributed by atoms with Crippen LogP contribution < -0.4 is 4.74 Å². The van der Waals surface area contributed by atoms with E-state index in [1.165, 1.54) is 6.92 Å². The molecule has 1 rings (SSSR count). The Balaban J connectivity index is 3.20. The van der Waals surface area contributed by atoms with Crippen LogP contribution >= 0.6 is 0 Å². The summed E-state index contributed by atoms with van der Waals surface area (Å²) in [5, 5.41) is 9.15. The zero-order chi connectivity index (χ0) is 13.1. The van der Waals surface area contributed by atoms with Gasteiger partial charge in [0.2, 0.25) is 0 Å². The van der Waals surface area contributed by atoms with E-state index in [0.717, 1.165) is 12.0 Å². The van der Waals surface area contributed by atoms with Gasteiger partial charge in [-0.15, -0.1) is 0 Å². The highest BCUT2D eigenvalue weighted by atomic mass is 16.5. The van der Waals surface area contributed by atoms with Crippen molar-refractivity contribution in [3.63, 3.8) is 0 Å². The van der Waals surface area contributed by atoms with Crippen LogP contribution in [0.25, 0.3) is 0 Å². The Hall–Kier alpha value is -1.82. The number of benzene rings is 1. The smallest absolute Gasteiger partial charge is 0.308 e. The molecule has 1 aromatic carbocycles. The Morgan fingerprint density at radius 2 is 2.12 bits per heavy atom. The second-order valence-corrected chi connectivity index (χ2v) is 4.65. The van der Waals surface area contributed by atoms with Crippen molar-refractivity contribution in [1.82, 2.24) is 0 Å². The minimum atomic E-state index is -0.378. The summed E-state index contributed by atoms with van der Waals surface area (Å²) in [6, 6.07) is 7.37. The highest BCUT2D eigenvalue weighted by Crippen LogP contribution is 2.31.